The maximum absolute atomic E-state index is 6.14. The molecule has 0 bridgehead atoms. The van der Waals surface area contributed by atoms with Gasteiger partial charge in [0.15, 0.2) is 0 Å². The molecular formula is C13H27NO. The maximum Gasteiger partial charge on any atom is 0.0664 e. The first-order valence-corrected chi connectivity index (χ1v) is 6.51. The largest absolute Gasteiger partial charge is 0.375 e. The Morgan fingerprint density at radius 1 is 1.33 bits per heavy atom. The molecule has 1 aliphatic rings. The smallest absolute Gasteiger partial charge is 0.0664 e. The van der Waals surface area contributed by atoms with Crippen LogP contribution in [-0.4, -0.2) is 18.2 Å². The van der Waals surface area contributed by atoms with Crippen LogP contribution in [0.3, 0.4) is 0 Å². The highest BCUT2D eigenvalue weighted by molar-refractivity contribution is 5.05. The minimum atomic E-state index is 0.266. The van der Waals surface area contributed by atoms with Crippen LogP contribution in [0.2, 0.25) is 0 Å². The number of hydrogen-bond acceptors (Lipinski definition) is 2. The van der Waals surface area contributed by atoms with Gasteiger partial charge in [-0.2, -0.15) is 0 Å². The van der Waals surface area contributed by atoms with Gasteiger partial charge in [0.05, 0.1) is 12.2 Å². The molecule has 3 unspecified atom stereocenters. The highest BCUT2D eigenvalue weighted by atomic mass is 16.5. The normalized spacial score (nSPS) is 31.0. The van der Waals surface area contributed by atoms with Crippen LogP contribution >= 0.6 is 0 Å². The van der Waals surface area contributed by atoms with Crippen molar-refractivity contribution in [3.63, 3.8) is 0 Å². The van der Waals surface area contributed by atoms with Crippen LogP contribution in [-0.2, 0) is 4.74 Å². The molecule has 1 saturated carbocycles. The molecule has 2 N–H and O–H groups in total. The third kappa shape index (κ3) is 2.36. The summed E-state index contributed by atoms with van der Waals surface area (Å²) in [6.45, 7) is 8.87. The first-order chi connectivity index (χ1) is 7.10. The van der Waals surface area contributed by atoms with Gasteiger partial charge in [-0.3, -0.25) is 0 Å². The van der Waals surface area contributed by atoms with Crippen molar-refractivity contribution in [1.82, 2.24) is 0 Å². The van der Waals surface area contributed by atoms with Gasteiger partial charge < -0.3 is 10.5 Å². The van der Waals surface area contributed by atoms with E-state index in [1.54, 1.807) is 0 Å². The van der Waals surface area contributed by atoms with Crippen LogP contribution < -0.4 is 5.73 Å². The fraction of sp³-hybridized carbons (Fsp3) is 1.00. The molecule has 0 saturated heterocycles. The molecule has 0 aromatic rings. The molecule has 15 heavy (non-hydrogen) atoms. The van der Waals surface area contributed by atoms with Gasteiger partial charge in [-0.15, -0.1) is 0 Å². The second-order valence-corrected chi connectivity index (χ2v) is 5.01. The molecule has 1 aliphatic carbocycles. The average molecular weight is 213 g/mol. The number of ether oxygens (including phenoxy) is 1. The molecule has 0 aliphatic heterocycles. The zero-order valence-corrected chi connectivity index (χ0v) is 10.8. The standard InChI is InChI=1S/C13H27NO/c1-5-8-10(4)15-12-9-11(14)13(12,6-2)7-3/h10-12H,5-9,14H2,1-4H3. The fourth-order valence-corrected chi connectivity index (χ4v) is 2.95. The van der Waals surface area contributed by atoms with Crippen molar-refractivity contribution in [1.29, 1.82) is 0 Å². The summed E-state index contributed by atoms with van der Waals surface area (Å²) in [5.74, 6) is 0. The summed E-state index contributed by atoms with van der Waals surface area (Å²) in [7, 11) is 0. The van der Waals surface area contributed by atoms with E-state index in [4.69, 9.17) is 10.5 Å². The Morgan fingerprint density at radius 2 is 1.93 bits per heavy atom. The monoisotopic (exact) mass is 213 g/mol. The summed E-state index contributed by atoms with van der Waals surface area (Å²) in [5, 5.41) is 0. The van der Waals surface area contributed by atoms with Crippen LogP contribution in [0.5, 0.6) is 0 Å². The molecule has 2 heteroatoms. The van der Waals surface area contributed by atoms with E-state index >= 15 is 0 Å². The van der Waals surface area contributed by atoms with E-state index in [0.29, 0.717) is 18.2 Å². The maximum atomic E-state index is 6.14. The van der Waals surface area contributed by atoms with E-state index in [0.717, 1.165) is 25.7 Å². The zero-order valence-electron chi connectivity index (χ0n) is 10.8. The van der Waals surface area contributed by atoms with Crippen molar-refractivity contribution < 1.29 is 4.74 Å². The Kier molecular flexibility index (Phi) is 4.60. The van der Waals surface area contributed by atoms with E-state index in [2.05, 4.69) is 27.7 Å². The van der Waals surface area contributed by atoms with Crippen molar-refractivity contribution in [2.45, 2.75) is 78.0 Å². The van der Waals surface area contributed by atoms with Gasteiger partial charge in [-0.1, -0.05) is 27.2 Å². The minimum absolute atomic E-state index is 0.266. The highest BCUT2D eigenvalue weighted by Gasteiger charge is 2.51. The van der Waals surface area contributed by atoms with Crippen LogP contribution in [0.25, 0.3) is 0 Å². The molecular weight excluding hydrogens is 186 g/mol. The molecule has 0 spiro atoms. The predicted octanol–water partition coefficient (Wildman–Crippen LogP) is 3.10. The van der Waals surface area contributed by atoms with Gasteiger partial charge in [-0.05, 0) is 32.6 Å². The lowest BCUT2D eigenvalue weighted by molar-refractivity contribution is -0.156. The molecule has 0 radical (unpaired) electrons. The molecule has 0 amide bonds. The van der Waals surface area contributed by atoms with Gasteiger partial charge >= 0.3 is 0 Å². The van der Waals surface area contributed by atoms with Crippen molar-refractivity contribution in [3.05, 3.63) is 0 Å². The van der Waals surface area contributed by atoms with Crippen LogP contribution in [0.4, 0.5) is 0 Å². The first kappa shape index (κ1) is 13.0. The molecule has 0 aromatic carbocycles. The van der Waals surface area contributed by atoms with Crippen molar-refractivity contribution >= 4 is 0 Å². The van der Waals surface area contributed by atoms with Crippen molar-refractivity contribution in [2.75, 3.05) is 0 Å². The fourth-order valence-electron chi connectivity index (χ4n) is 2.95. The van der Waals surface area contributed by atoms with Crippen LogP contribution in [0.1, 0.15) is 59.8 Å². The van der Waals surface area contributed by atoms with E-state index in [1.165, 1.54) is 6.42 Å². The molecule has 0 heterocycles. The van der Waals surface area contributed by atoms with E-state index in [1.807, 2.05) is 0 Å². The Morgan fingerprint density at radius 3 is 2.33 bits per heavy atom. The Hall–Kier alpha value is -0.0800. The number of nitrogens with two attached hydrogens (primary N) is 1. The van der Waals surface area contributed by atoms with E-state index in [9.17, 15) is 0 Å². The molecule has 3 atom stereocenters. The van der Waals surface area contributed by atoms with Gasteiger partial charge in [0, 0.05) is 11.5 Å². The molecule has 0 aromatic heterocycles. The third-order valence-corrected chi connectivity index (χ3v) is 4.26. The number of rotatable bonds is 6. The molecule has 1 rings (SSSR count). The SMILES string of the molecule is CCCC(C)OC1CC(N)C1(CC)CC. The topological polar surface area (TPSA) is 35.2 Å². The van der Waals surface area contributed by atoms with Crippen LogP contribution in [0, 0.1) is 5.41 Å². The summed E-state index contributed by atoms with van der Waals surface area (Å²) in [6.07, 6.45) is 6.51. The van der Waals surface area contributed by atoms with Gasteiger partial charge in [-0.25, -0.2) is 0 Å². The molecule has 1 fully saturated rings. The highest BCUT2D eigenvalue weighted by Crippen LogP contribution is 2.48. The predicted molar refractivity (Wildman–Crippen MR) is 64.9 cm³/mol. The lowest BCUT2D eigenvalue weighted by atomic mass is 9.59. The lowest BCUT2D eigenvalue weighted by Crippen LogP contribution is -2.62. The average Bonchev–Trinajstić information content (AvgIpc) is 2.19. The summed E-state index contributed by atoms with van der Waals surface area (Å²) in [5.41, 5.74) is 6.40. The molecule has 2 nitrogen and oxygen atoms in total. The third-order valence-electron chi connectivity index (χ3n) is 4.26. The second-order valence-electron chi connectivity index (χ2n) is 5.01. The van der Waals surface area contributed by atoms with Gasteiger partial charge in [0.1, 0.15) is 0 Å². The summed E-state index contributed by atoms with van der Waals surface area (Å²) < 4.78 is 6.11. The minimum Gasteiger partial charge on any atom is -0.375 e. The zero-order chi connectivity index (χ0) is 11.5. The van der Waals surface area contributed by atoms with E-state index in [-0.39, 0.29) is 5.41 Å². The first-order valence-electron chi connectivity index (χ1n) is 6.51. The number of hydrogen-bond donors (Lipinski definition) is 1. The van der Waals surface area contributed by atoms with Gasteiger partial charge in [0.25, 0.3) is 0 Å². The summed E-state index contributed by atoms with van der Waals surface area (Å²) >= 11 is 0. The quantitative estimate of drug-likeness (QED) is 0.736. The Balaban J connectivity index is 2.49. The molecule has 90 valence electrons. The Bertz CT molecular complexity index is 189. The lowest BCUT2D eigenvalue weighted by Gasteiger charge is -2.54. The van der Waals surface area contributed by atoms with Crippen molar-refractivity contribution in [3.8, 4) is 0 Å². The Labute approximate surface area is 94.6 Å². The van der Waals surface area contributed by atoms with Crippen molar-refractivity contribution in [2.24, 2.45) is 11.1 Å². The summed E-state index contributed by atoms with van der Waals surface area (Å²) in [4.78, 5) is 0. The van der Waals surface area contributed by atoms with E-state index < -0.39 is 0 Å². The second kappa shape index (κ2) is 5.31. The summed E-state index contributed by atoms with van der Waals surface area (Å²) in [6, 6.07) is 0.353. The van der Waals surface area contributed by atoms with Gasteiger partial charge in [0.2, 0.25) is 0 Å². The van der Waals surface area contributed by atoms with Crippen LogP contribution in [0.15, 0.2) is 0 Å².